The van der Waals surface area contributed by atoms with Crippen LogP contribution in [0.1, 0.15) is 112 Å². The van der Waals surface area contributed by atoms with E-state index in [1.807, 2.05) is 24.3 Å². The highest BCUT2D eigenvalue weighted by molar-refractivity contribution is 5.72. The Morgan fingerprint density at radius 2 is 1.05 bits per heavy atom. The SMILES string of the molecule is COc1ccc(C=C(CCC(=O)OC2CC(C)(C)N(C)C(C)(C)C2)CCC(=O)OC2CC(C)(C)N(C)C(C)(C)C2)cc1. The van der Waals surface area contributed by atoms with Gasteiger partial charge in [0.05, 0.1) is 7.11 Å². The molecule has 2 saturated heterocycles. The molecule has 236 valence electrons. The van der Waals surface area contributed by atoms with Crippen LogP contribution in [0.3, 0.4) is 0 Å². The first kappa shape index (κ1) is 34.1. The van der Waals surface area contributed by atoms with Crippen LogP contribution < -0.4 is 4.74 Å². The zero-order valence-electron chi connectivity index (χ0n) is 28.1. The standard InChI is InChI=1S/C35H56N2O5/c1-32(2)21-28(22-33(3,4)36(32)9)41-30(38)18-14-26(20-25-12-16-27(40-11)17-13-25)15-19-31(39)42-29-23-34(5,6)37(10)35(7,8)24-29/h12-13,16-17,20,28-29H,14-15,18-19,21-24H2,1-11H3. The predicted octanol–water partition coefficient (Wildman–Crippen LogP) is 7.03. The first-order valence-corrected chi connectivity index (χ1v) is 15.5. The van der Waals surface area contributed by atoms with E-state index >= 15 is 0 Å². The molecule has 7 nitrogen and oxygen atoms in total. The van der Waals surface area contributed by atoms with Crippen LogP contribution >= 0.6 is 0 Å². The molecule has 0 unspecified atom stereocenters. The molecule has 2 heterocycles. The summed E-state index contributed by atoms with van der Waals surface area (Å²) in [6.45, 7) is 17.6. The number of esters is 2. The van der Waals surface area contributed by atoms with E-state index in [1.165, 1.54) is 0 Å². The van der Waals surface area contributed by atoms with Gasteiger partial charge in [0.2, 0.25) is 0 Å². The second-order valence-corrected chi connectivity index (χ2v) is 15.0. The third-order valence-corrected chi connectivity index (χ3v) is 9.92. The number of nitrogens with zero attached hydrogens (tertiary/aromatic N) is 2. The molecule has 0 bridgehead atoms. The van der Waals surface area contributed by atoms with Gasteiger partial charge in [-0.3, -0.25) is 19.4 Å². The van der Waals surface area contributed by atoms with Gasteiger partial charge in [-0.25, -0.2) is 0 Å². The quantitative estimate of drug-likeness (QED) is 0.274. The number of carbonyl (C=O) groups excluding carboxylic acids is 2. The molecule has 0 atom stereocenters. The van der Waals surface area contributed by atoms with E-state index in [1.54, 1.807) is 7.11 Å². The molecule has 1 aromatic carbocycles. The van der Waals surface area contributed by atoms with Gasteiger partial charge in [-0.05, 0) is 100 Å². The first-order chi connectivity index (χ1) is 19.3. The third-order valence-electron chi connectivity index (χ3n) is 9.92. The van der Waals surface area contributed by atoms with Gasteiger partial charge in [0.25, 0.3) is 0 Å². The van der Waals surface area contributed by atoms with E-state index in [2.05, 4.69) is 85.4 Å². The predicted molar refractivity (Wildman–Crippen MR) is 170 cm³/mol. The monoisotopic (exact) mass is 584 g/mol. The number of ether oxygens (including phenoxy) is 3. The average Bonchev–Trinajstić information content (AvgIpc) is 2.87. The topological polar surface area (TPSA) is 68.3 Å². The van der Waals surface area contributed by atoms with E-state index < -0.39 is 0 Å². The van der Waals surface area contributed by atoms with Crippen LogP contribution in [0.15, 0.2) is 29.8 Å². The van der Waals surface area contributed by atoms with Crippen molar-refractivity contribution in [2.24, 2.45) is 0 Å². The lowest BCUT2D eigenvalue weighted by Gasteiger charge is -2.53. The van der Waals surface area contributed by atoms with Crippen molar-refractivity contribution in [2.75, 3.05) is 21.2 Å². The normalized spacial score (nSPS) is 22.3. The maximum absolute atomic E-state index is 13.0. The number of carbonyl (C=O) groups is 2. The van der Waals surface area contributed by atoms with Crippen LogP contribution in [0, 0.1) is 0 Å². The first-order valence-electron chi connectivity index (χ1n) is 15.5. The summed E-state index contributed by atoms with van der Waals surface area (Å²) >= 11 is 0. The van der Waals surface area contributed by atoms with Gasteiger partial charge in [-0.15, -0.1) is 0 Å². The Hall–Kier alpha value is -2.38. The van der Waals surface area contributed by atoms with Crippen molar-refractivity contribution in [1.82, 2.24) is 9.80 Å². The number of hydrogen-bond acceptors (Lipinski definition) is 7. The zero-order chi connectivity index (χ0) is 31.5. The van der Waals surface area contributed by atoms with Gasteiger partial charge in [0, 0.05) is 60.7 Å². The molecule has 0 amide bonds. The van der Waals surface area contributed by atoms with E-state index in [0.29, 0.717) is 12.8 Å². The van der Waals surface area contributed by atoms with E-state index in [0.717, 1.165) is 42.6 Å². The second kappa shape index (κ2) is 13.1. The zero-order valence-corrected chi connectivity index (χ0v) is 28.1. The molecule has 0 saturated carbocycles. The van der Waals surface area contributed by atoms with Crippen molar-refractivity contribution >= 4 is 18.0 Å². The van der Waals surface area contributed by atoms with Gasteiger partial charge in [-0.1, -0.05) is 23.8 Å². The molecular weight excluding hydrogens is 528 g/mol. The van der Waals surface area contributed by atoms with Crippen LogP contribution in [-0.2, 0) is 19.1 Å². The van der Waals surface area contributed by atoms with Crippen LogP contribution in [0.4, 0.5) is 0 Å². The number of hydrogen-bond donors (Lipinski definition) is 0. The van der Waals surface area contributed by atoms with Crippen molar-refractivity contribution in [3.63, 3.8) is 0 Å². The lowest BCUT2D eigenvalue weighted by atomic mass is 9.79. The lowest BCUT2D eigenvalue weighted by Crippen LogP contribution is -2.60. The molecular formula is C35H56N2O5. The Bertz CT molecular complexity index is 1020. The number of likely N-dealkylation sites (tertiary alicyclic amines) is 2. The number of methoxy groups -OCH3 is 1. The van der Waals surface area contributed by atoms with Gasteiger partial charge >= 0.3 is 11.9 Å². The number of rotatable bonds is 10. The molecule has 7 heteroatoms. The van der Waals surface area contributed by atoms with Crippen LogP contribution in [0.5, 0.6) is 5.75 Å². The van der Waals surface area contributed by atoms with E-state index in [4.69, 9.17) is 14.2 Å². The highest BCUT2D eigenvalue weighted by Crippen LogP contribution is 2.39. The second-order valence-electron chi connectivity index (χ2n) is 15.0. The molecule has 2 fully saturated rings. The fourth-order valence-electron chi connectivity index (χ4n) is 6.95. The smallest absolute Gasteiger partial charge is 0.306 e. The van der Waals surface area contributed by atoms with E-state index in [-0.39, 0.29) is 59.1 Å². The van der Waals surface area contributed by atoms with Crippen molar-refractivity contribution < 1.29 is 23.8 Å². The van der Waals surface area contributed by atoms with Crippen molar-refractivity contribution in [3.8, 4) is 5.75 Å². The van der Waals surface area contributed by atoms with Gasteiger partial charge in [-0.2, -0.15) is 0 Å². The Kier molecular flexibility index (Phi) is 10.6. The summed E-state index contributed by atoms with van der Waals surface area (Å²) in [5, 5.41) is 0. The number of benzene rings is 1. The molecule has 2 aliphatic heterocycles. The molecule has 0 radical (unpaired) electrons. The molecule has 0 aliphatic carbocycles. The third kappa shape index (κ3) is 8.82. The minimum absolute atomic E-state index is 0.0509. The van der Waals surface area contributed by atoms with Crippen molar-refractivity contribution in [2.45, 2.75) is 141 Å². The molecule has 0 N–H and O–H groups in total. The Labute approximate surface area is 254 Å². The van der Waals surface area contributed by atoms with Crippen molar-refractivity contribution in [3.05, 3.63) is 35.4 Å². The summed E-state index contributed by atoms with van der Waals surface area (Å²) in [7, 11) is 5.94. The molecule has 1 aromatic rings. The number of piperidine rings is 2. The van der Waals surface area contributed by atoms with Crippen LogP contribution in [0.2, 0.25) is 0 Å². The highest BCUT2D eigenvalue weighted by atomic mass is 16.5. The van der Waals surface area contributed by atoms with Gasteiger partial charge in [0.15, 0.2) is 0 Å². The molecule has 0 spiro atoms. The largest absolute Gasteiger partial charge is 0.497 e. The van der Waals surface area contributed by atoms with Crippen LogP contribution in [0.25, 0.3) is 6.08 Å². The summed E-state index contributed by atoms with van der Waals surface area (Å²) < 4.78 is 17.3. The summed E-state index contributed by atoms with van der Waals surface area (Å²) in [5.74, 6) is 0.416. The maximum Gasteiger partial charge on any atom is 0.306 e. The number of allylic oxidation sites excluding steroid dienone is 1. The average molecular weight is 585 g/mol. The molecule has 0 aromatic heterocycles. The van der Waals surface area contributed by atoms with E-state index in [9.17, 15) is 9.59 Å². The summed E-state index contributed by atoms with van der Waals surface area (Å²) in [6.07, 6.45) is 6.72. The maximum atomic E-state index is 13.0. The lowest BCUT2D eigenvalue weighted by molar-refractivity contribution is -0.159. The van der Waals surface area contributed by atoms with Gasteiger partial charge in [0.1, 0.15) is 18.0 Å². The highest BCUT2D eigenvalue weighted by Gasteiger charge is 2.45. The Balaban J connectivity index is 1.64. The fourth-order valence-corrected chi connectivity index (χ4v) is 6.95. The fraction of sp³-hybridized carbons (Fsp3) is 0.714. The summed E-state index contributed by atoms with van der Waals surface area (Å²) in [6, 6.07) is 7.81. The summed E-state index contributed by atoms with van der Waals surface area (Å²) in [5.41, 5.74) is 1.83. The van der Waals surface area contributed by atoms with Crippen molar-refractivity contribution in [1.29, 1.82) is 0 Å². The van der Waals surface area contributed by atoms with Gasteiger partial charge < -0.3 is 14.2 Å². The summed E-state index contributed by atoms with van der Waals surface area (Å²) in [4.78, 5) is 30.8. The van der Waals surface area contributed by atoms with Crippen LogP contribution in [-0.4, -0.2) is 77.3 Å². The minimum atomic E-state index is -0.185. The Morgan fingerprint density at radius 3 is 1.38 bits per heavy atom. The molecule has 42 heavy (non-hydrogen) atoms. The minimum Gasteiger partial charge on any atom is -0.497 e. The molecule has 3 rings (SSSR count). The Morgan fingerprint density at radius 1 is 0.690 bits per heavy atom. The molecule has 2 aliphatic rings.